The number of hydrogen-bond donors (Lipinski definition) is 2. The second-order valence-corrected chi connectivity index (χ2v) is 5.94. The number of anilines is 2. The van der Waals surface area contributed by atoms with Gasteiger partial charge in [0.1, 0.15) is 12.8 Å². The lowest BCUT2D eigenvalue weighted by Gasteiger charge is -2.30. The van der Waals surface area contributed by atoms with Gasteiger partial charge in [0.15, 0.2) is 11.5 Å². The first kappa shape index (κ1) is 15.4. The Morgan fingerprint density at radius 1 is 1.00 bits per heavy atom. The van der Waals surface area contributed by atoms with Crippen LogP contribution in [0.2, 0.25) is 0 Å². The predicted molar refractivity (Wildman–Crippen MR) is 103 cm³/mol. The van der Waals surface area contributed by atoms with E-state index in [4.69, 9.17) is 9.47 Å². The van der Waals surface area contributed by atoms with E-state index >= 15 is 0 Å². The van der Waals surface area contributed by atoms with Gasteiger partial charge in [0.05, 0.1) is 7.11 Å². The van der Waals surface area contributed by atoms with Gasteiger partial charge >= 0.3 is 0 Å². The third-order valence-corrected chi connectivity index (χ3v) is 4.38. The monoisotopic (exact) mass is 332 g/mol. The maximum absolute atomic E-state index is 5.64. The van der Waals surface area contributed by atoms with Crippen LogP contribution in [0.5, 0.6) is 11.5 Å². The summed E-state index contributed by atoms with van der Waals surface area (Å²) in [4.78, 5) is 0. The van der Waals surface area contributed by atoms with E-state index in [1.54, 1.807) is 13.2 Å². The zero-order valence-electron chi connectivity index (χ0n) is 14.1. The molecular weight excluding hydrogens is 312 g/mol. The molecule has 1 aliphatic rings. The van der Waals surface area contributed by atoms with Gasteiger partial charge in [-0.3, -0.25) is 0 Å². The van der Waals surface area contributed by atoms with Crippen LogP contribution in [-0.2, 0) is 0 Å². The zero-order chi connectivity index (χ0) is 17.2. The minimum absolute atomic E-state index is 0.0390. The molecule has 4 rings (SSSR count). The summed E-state index contributed by atoms with van der Waals surface area (Å²) in [5.41, 5.74) is 3.33. The lowest BCUT2D eigenvalue weighted by Crippen LogP contribution is -2.23. The van der Waals surface area contributed by atoms with Crippen molar-refractivity contribution in [1.82, 2.24) is 0 Å². The lowest BCUT2D eigenvalue weighted by atomic mass is 10.0. The highest BCUT2D eigenvalue weighted by molar-refractivity contribution is 6.04. The Hall–Kier alpha value is -3.14. The van der Waals surface area contributed by atoms with Gasteiger partial charge in [0.2, 0.25) is 0 Å². The largest absolute Gasteiger partial charge is 0.493 e. The predicted octanol–water partition coefficient (Wildman–Crippen LogP) is 4.95. The second kappa shape index (κ2) is 6.40. The molecule has 0 aliphatic carbocycles. The fraction of sp³-hybridized carbons (Fsp3) is 0.143. The zero-order valence-corrected chi connectivity index (χ0v) is 14.1. The van der Waals surface area contributed by atoms with Crippen molar-refractivity contribution in [2.45, 2.75) is 6.17 Å². The van der Waals surface area contributed by atoms with Gasteiger partial charge in [-0.15, -0.1) is 0 Å². The second-order valence-electron chi connectivity index (χ2n) is 5.94. The van der Waals surface area contributed by atoms with Crippen molar-refractivity contribution in [2.24, 2.45) is 0 Å². The molecule has 4 nitrogen and oxygen atoms in total. The molecule has 0 saturated heterocycles. The van der Waals surface area contributed by atoms with Crippen molar-refractivity contribution >= 4 is 22.1 Å². The van der Waals surface area contributed by atoms with Crippen LogP contribution >= 0.6 is 0 Å². The molecule has 0 atom stereocenters. The Labute approximate surface area is 147 Å². The number of rotatable bonds is 5. The van der Waals surface area contributed by atoms with E-state index in [2.05, 4.69) is 53.6 Å². The maximum atomic E-state index is 5.64. The van der Waals surface area contributed by atoms with Crippen LogP contribution in [0.25, 0.3) is 10.8 Å². The summed E-state index contributed by atoms with van der Waals surface area (Å²) in [7, 11) is 1.65. The number of ether oxygens (including phenoxy) is 2. The van der Waals surface area contributed by atoms with Gasteiger partial charge in [-0.05, 0) is 35.2 Å². The summed E-state index contributed by atoms with van der Waals surface area (Å²) in [5, 5.41) is 9.58. The Balaban J connectivity index is 1.68. The molecule has 3 aromatic carbocycles. The van der Waals surface area contributed by atoms with Gasteiger partial charge in [-0.25, -0.2) is 0 Å². The quantitative estimate of drug-likeness (QED) is 0.649. The van der Waals surface area contributed by atoms with Crippen LogP contribution in [0.3, 0.4) is 0 Å². The van der Waals surface area contributed by atoms with Crippen LogP contribution in [0.15, 0.2) is 67.3 Å². The molecule has 1 aliphatic heterocycles. The van der Waals surface area contributed by atoms with E-state index in [1.807, 2.05) is 18.2 Å². The number of nitrogens with one attached hydrogen (secondary N) is 2. The SMILES string of the molecule is C=CCOc1ccc(C2Nc3cccc4cccc(c34)N2)cc1OC. The smallest absolute Gasteiger partial charge is 0.161 e. The first-order chi connectivity index (χ1) is 12.3. The molecule has 0 spiro atoms. The minimum Gasteiger partial charge on any atom is -0.493 e. The summed E-state index contributed by atoms with van der Waals surface area (Å²) in [6.07, 6.45) is 1.68. The van der Waals surface area contributed by atoms with Crippen LogP contribution in [-0.4, -0.2) is 13.7 Å². The first-order valence-electron chi connectivity index (χ1n) is 8.26. The summed E-state index contributed by atoms with van der Waals surface area (Å²) in [6.45, 7) is 4.13. The Morgan fingerprint density at radius 3 is 2.36 bits per heavy atom. The van der Waals surface area contributed by atoms with E-state index in [0.717, 1.165) is 16.9 Å². The average molecular weight is 332 g/mol. The van der Waals surface area contributed by atoms with Gasteiger partial charge in [0, 0.05) is 16.8 Å². The van der Waals surface area contributed by atoms with Crippen molar-refractivity contribution in [2.75, 3.05) is 24.4 Å². The van der Waals surface area contributed by atoms with E-state index in [1.165, 1.54) is 10.8 Å². The molecule has 0 amide bonds. The fourth-order valence-corrected chi connectivity index (χ4v) is 3.23. The molecule has 0 unspecified atom stereocenters. The maximum Gasteiger partial charge on any atom is 0.161 e. The third kappa shape index (κ3) is 2.76. The summed E-state index contributed by atoms with van der Waals surface area (Å²) in [6, 6.07) is 18.6. The lowest BCUT2D eigenvalue weighted by molar-refractivity contribution is 0.326. The van der Waals surface area contributed by atoms with E-state index in [0.29, 0.717) is 18.1 Å². The van der Waals surface area contributed by atoms with E-state index in [9.17, 15) is 0 Å². The van der Waals surface area contributed by atoms with Crippen molar-refractivity contribution in [3.8, 4) is 11.5 Å². The number of benzene rings is 3. The van der Waals surface area contributed by atoms with E-state index < -0.39 is 0 Å². The minimum atomic E-state index is -0.0390. The Morgan fingerprint density at radius 2 is 1.72 bits per heavy atom. The molecule has 0 fully saturated rings. The molecule has 0 aromatic heterocycles. The molecule has 0 bridgehead atoms. The highest BCUT2D eigenvalue weighted by Crippen LogP contribution is 2.39. The van der Waals surface area contributed by atoms with Crippen LogP contribution < -0.4 is 20.1 Å². The van der Waals surface area contributed by atoms with Crippen LogP contribution in [0.4, 0.5) is 11.4 Å². The Kier molecular flexibility index (Phi) is 3.94. The standard InChI is InChI=1S/C21H20N2O2/c1-3-12-25-18-11-10-15(13-19(18)24-2)21-22-16-8-4-6-14-7-5-9-17(23-21)20(14)16/h3-11,13,21-23H,1,12H2,2H3. The van der Waals surface area contributed by atoms with Crippen molar-refractivity contribution in [3.63, 3.8) is 0 Å². The number of hydrogen-bond acceptors (Lipinski definition) is 4. The molecule has 126 valence electrons. The third-order valence-electron chi connectivity index (χ3n) is 4.38. The van der Waals surface area contributed by atoms with Crippen LogP contribution in [0, 0.1) is 0 Å². The Bertz CT molecular complexity index is 896. The highest BCUT2D eigenvalue weighted by atomic mass is 16.5. The summed E-state index contributed by atoms with van der Waals surface area (Å²) in [5.74, 6) is 1.42. The van der Waals surface area contributed by atoms with Gasteiger partial charge in [-0.1, -0.05) is 43.0 Å². The molecule has 25 heavy (non-hydrogen) atoms. The average Bonchev–Trinajstić information content (AvgIpc) is 2.66. The first-order valence-corrected chi connectivity index (χ1v) is 8.26. The van der Waals surface area contributed by atoms with E-state index in [-0.39, 0.29) is 6.17 Å². The fourth-order valence-electron chi connectivity index (χ4n) is 3.23. The molecule has 1 heterocycles. The molecule has 0 radical (unpaired) electrons. The highest BCUT2D eigenvalue weighted by Gasteiger charge is 2.21. The van der Waals surface area contributed by atoms with Crippen molar-refractivity contribution in [3.05, 3.63) is 72.8 Å². The van der Waals surface area contributed by atoms with Crippen molar-refractivity contribution < 1.29 is 9.47 Å². The summed E-state index contributed by atoms with van der Waals surface area (Å²) >= 11 is 0. The molecule has 0 saturated carbocycles. The summed E-state index contributed by atoms with van der Waals surface area (Å²) < 4.78 is 11.1. The molecular formula is C21H20N2O2. The van der Waals surface area contributed by atoms with Gasteiger partial charge in [-0.2, -0.15) is 0 Å². The van der Waals surface area contributed by atoms with Gasteiger partial charge in [0.25, 0.3) is 0 Å². The topological polar surface area (TPSA) is 42.5 Å². The normalized spacial score (nSPS) is 13.0. The van der Waals surface area contributed by atoms with Crippen molar-refractivity contribution in [1.29, 1.82) is 0 Å². The number of methoxy groups -OCH3 is 1. The molecule has 4 heteroatoms. The molecule has 2 N–H and O–H groups in total. The molecule has 3 aromatic rings. The van der Waals surface area contributed by atoms with Crippen LogP contribution in [0.1, 0.15) is 11.7 Å². The van der Waals surface area contributed by atoms with Gasteiger partial charge < -0.3 is 20.1 Å².